The molecule has 0 spiro atoms. The molecule has 0 saturated carbocycles. The van der Waals surface area contributed by atoms with Gasteiger partial charge in [0, 0.05) is 47.4 Å². The third kappa shape index (κ3) is 9.21. The average Bonchev–Trinajstić information content (AvgIpc) is 3.26. The molecule has 0 unspecified atom stereocenters. The summed E-state index contributed by atoms with van der Waals surface area (Å²) in [6, 6.07) is 30.3. The van der Waals surface area contributed by atoms with Crippen LogP contribution in [-0.4, -0.2) is 28.9 Å². The van der Waals surface area contributed by atoms with E-state index in [4.69, 9.17) is 19.2 Å². The first-order valence-electron chi connectivity index (χ1n) is 18.2. The fourth-order valence-electron chi connectivity index (χ4n) is 6.27. The van der Waals surface area contributed by atoms with Crippen LogP contribution < -0.4 is 39.8 Å². The molecule has 0 atom stereocenters. The summed E-state index contributed by atoms with van der Waals surface area (Å²) in [5.41, 5.74) is 1.64. The maximum atomic E-state index is 13.1. The summed E-state index contributed by atoms with van der Waals surface area (Å²) in [7, 11) is -8.78. The van der Waals surface area contributed by atoms with Crippen molar-refractivity contribution in [3.05, 3.63) is 155 Å². The molecule has 0 aliphatic rings. The maximum absolute atomic E-state index is 13.1. The number of hydrogen-bond donors (Lipinski definition) is 4. The normalized spacial score (nSPS) is 11.2. The maximum Gasteiger partial charge on any atom is 0.378 e. The lowest BCUT2D eigenvalue weighted by Crippen LogP contribution is -2.29. The molecule has 0 bridgehead atoms. The quantitative estimate of drug-likeness (QED) is 0.0696. The fraction of sp³-hybridized carbons (Fsp3) is 0.0476. The smallest absolute Gasteiger partial charge is 0.378 e. The third-order valence-corrected chi connectivity index (χ3v) is 11.8. The Morgan fingerprint density at radius 2 is 0.903 bits per heavy atom. The fourth-order valence-corrected chi connectivity index (χ4v) is 8.56. The molecule has 62 heavy (non-hydrogen) atoms. The molecule has 4 amide bonds. The van der Waals surface area contributed by atoms with E-state index in [1.807, 2.05) is 0 Å². The van der Waals surface area contributed by atoms with Crippen LogP contribution in [0.5, 0.6) is 23.0 Å². The van der Waals surface area contributed by atoms with E-state index >= 15 is 0 Å². The molecule has 7 aromatic carbocycles. The lowest BCUT2D eigenvalue weighted by Gasteiger charge is -2.13. The van der Waals surface area contributed by atoms with Gasteiger partial charge < -0.3 is 39.8 Å². The van der Waals surface area contributed by atoms with Crippen LogP contribution >= 0.6 is 0 Å². The number of carbonyl (C=O) groups excluding carboxylic acids is 2. The first-order valence-corrected chi connectivity index (χ1v) is 21.0. The molecule has 4 N–H and O–H groups in total. The van der Waals surface area contributed by atoms with Crippen LogP contribution in [0.4, 0.5) is 32.3 Å². The molecule has 0 aromatic heterocycles. The zero-order chi connectivity index (χ0) is 44.0. The Kier molecular flexibility index (Phi) is 11.7. The molecule has 7 aromatic rings. The highest BCUT2D eigenvalue weighted by Crippen LogP contribution is 2.37. The third-order valence-electron chi connectivity index (χ3n) is 9.19. The van der Waals surface area contributed by atoms with Crippen LogP contribution in [0.15, 0.2) is 143 Å². The minimum absolute atomic E-state index is 0.0363. The van der Waals surface area contributed by atoms with E-state index in [1.165, 1.54) is 109 Å². The summed E-state index contributed by atoms with van der Waals surface area (Å²) in [5, 5.41) is 54.0. The number of hydrogen-bond acceptors (Lipinski definition) is 12. The number of benzene rings is 7. The minimum atomic E-state index is -4.39. The van der Waals surface area contributed by atoms with Gasteiger partial charge in [0.15, 0.2) is 9.95 Å². The van der Waals surface area contributed by atoms with Crippen molar-refractivity contribution in [2.75, 3.05) is 10.6 Å². The lowest BCUT2D eigenvalue weighted by atomic mass is 10.1. The van der Waals surface area contributed by atoms with E-state index in [1.54, 1.807) is 24.3 Å². The highest BCUT2D eigenvalue weighted by Gasteiger charge is 2.23. The van der Waals surface area contributed by atoms with Gasteiger partial charge in [-0.2, -0.15) is 16.8 Å². The molecular formula is C42H30N8O10S2. The zero-order valence-electron chi connectivity index (χ0n) is 31.8. The monoisotopic (exact) mass is 870 g/mol. The average molecular weight is 871 g/mol. The minimum Gasteiger partial charge on any atom is -0.867 e. The van der Waals surface area contributed by atoms with Crippen molar-refractivity contribution < 1.29 is 45.0 Å². The number of urea groups is 2. The molecule has 18 nitrogen and oxygen atoms in total. The number of amides is 4. The van der Waals surface area contributed by atoms with E-state index in [2.05, 4.69) is 31.2 Å². The van der Waals surface area contributed by atoms with Gasteiger partial charge in [0.05, 0.1) is 0 Å². The van der Waals surface area contributed by atoms with E-state index < -0.39 is 43.8 Å². The number of fused-ring (bicyclic) bond motifs is 2. The van der Waals surface area contributed by atoms with Crippen LogP contribution in [0.25, 0.3) is 31.5 Å². The molecular weight excluding hydrogens is 841 g/mol. The number of diazo groups is 2. The summed E-state index contributed by atoms with van der Waals surface area (Å²) >= 11 is 0. The van der Waals surface area contributed by atoms with Gasteiger partial charge in [-0.1, -0.05) is 48.5 Å². The van der Waals surface area contributed by atoms with Gasteiger partial charge in [-0.15, -0.1) is 0 Å². The van der Waals surface area contributed by atoms with E-state index in [9.17, 15) is 36.6 Å². The summed E-state index contributed by atoms with van der Waals surface area (Å²) in [4.78, 5) is 30.7. The van der Waals surface area contributed by atoms with E-state index in [-0.39, 0.29) is 67.3 Å². The Morgan fingerprint density at radius 1 is 0.516 bits per heavy atom. The molecule has 0 aliphatic heterocycles. The molecule has 0 aliphatic carbocycles. The molecule has 310 valence electrons. The number of nitrogens with zero attached hydrogens (tertiary/aromatic N) is 4. The predicted molar refractivity (Wildman–Crippen MR) is 223 cm³/mol. The van der Waals surface area contributed by atoms with Crippen molar-refractivity contribution >= 4 is 76.6 Å². The summed E-state index contributed by atoms with van der Waals surface area (Å²) in [5.74, 6) is -1.39. The van der Waals surface area contributed by atoms with Crippen molar-refractivity contribution in [3.63, 3.8) is 0 Å². The first kappa shape index (κ1) is 41.7. The van der Waals surface area contributed by atoms with Crippen LogP contribution in [0.3, 0.4) is 0 Å². The molecule has 20 heteroatoms. The van der Waals surface area contributed by atoms with E-state index in [0.717, 1.165) is 11.1 Å². The van der Waals surface area contributed by atoms with Gasteiger partial charge in [-0.05, 0) is 106 Å². The van der Waals surface area contributed by atoms with Gasteiger partial charge >= 0.3 is 43.7 Å². The number of nitrogens with one attached hydrogen (secondary N) is 4. The van der Waals surface area contributed by atoms with Crippen molar-refractivity contribution in [2.45, 2.75) is 22.9 Å². The molecule has 7 rings (SSSR count). The highest BCUT2D eigenvalue weighted by molar-refractivity contribution is 7.87. The summed E-state index contributed by atoms with van der Waals surface area (Å²) in [6.07, 6.45) is 0. The standard InChI is InChI=1S/C42H30N8O10S2/c43-49-35-20-18-31-33(39(35)51)6-2-8-37(31)61(55,56)59-29-14-10-27(11-15-29)47-41(53)45-23-25-4-1-5-26(22-25)24-46-42(54)48-28-12-16-30(17-13-28)60-62(57,58)38-9-3-7-34-32(38)19-21-36(50-44)40(34)52/h1-22H,23-24H2,(H4-2,45,46,47,48,51,52,53,54). The zero-order valence-corrected chi connectivity index (χ0v) is 33.4. The topological polar surface area (TPSA) is 271 Å². The Morgan fingerprint density at radius 3 is 1.29 bits per heavy atom. The SMILES string of the molecule is N#[N+]c1ccc2c(S(=O)(=O)Oc3ccc(NC(=O)NCc4cccc(CNC(=O)Nc5ccc(OS(=O)(=O)c6cccc7c([O-])c([N+]#N)ccc67)cc5)c4)cc3)cccc2c1[O-]. The Labute approximate surface area is 352 Å². The molecule has 0 radical (unpaired) electrons. The van der Waals surface area contributed by atoms with Crippen LogP contribution in [-0.2, 0) is 33.3 Å². The number of carbonyl (C=O) groups is 2. The molecule has 0 saturated heterocycles. The largest absolute Gasteiger partial charge is 0.867 e. The van der Waals surface area contributed by atoms with Crippen LogP contribution in [0.1, 0.15) is 11.1 Å². The lowest BCUT2D eigenvalue weighted by molar-refractivity contribution is -0.265. The predicted octanol–water partition coefficient (Wildman–Crippen LogP) is 7.29. The second-order valence-electron chi connectivity index (χ2n) is 13.3. The van der Waals surface area contributed by atoms with Gasteiger partial charge in [0.25, 0.3) is 0 Å². The number of rotatable bonds is 12. The Bertz CT molecular complexity index is 3000. The van der Waals surface area contributed by atoms with E-state index in [0.29, 0.717) is 11.4 Å². The highest BCUT2D eigenvalue weighted by atomic mass is 32.2. The summed E-state index contributed by atoms with van der Waals surface area (Å²) in [6.45, 7) is 0.251. The van der Waals surface area contributed by atoms with Crippen LogP contribution in [0, 0.1) is 10.8 Å². The van der Waals surface area contributed by atoms with Gasteiger partial charge in [-0.3, -0.25) is 0 Å². The van der Waals surface area contributed by atoms with Crippen molar-refractivity contribution in [1.29, 1.82) is 10.8 Å². The Balaban J connectivity index is 0.875. The first-order chi connectivity index (χ1) is 29.7. The second kappa shape index (κ2) is 17.4. The Hall–Kier alpha value is -8.46. The molecule has 0 fully saturated rings. The second-order valence-corrected chi connectivity index (χ2v) is 16.3. The van der Waals surface area contributed by atoms with Crippen molar-refractivity contribution in [1.82, 2.24) is 10.6 Å². The summed E-state index contributed by atoms with van der Waals surface area (Å²) < 4.78 is 63.1. The van der Waals surface area contributed by atoms with Crippen molar-refractivity contribution in [2.24, 2.45) is 0 Å². The van der Waals surface area contributed by atoms with Crippen molar-refractivity contribution in [3.8, 4) is 23.0 Å². The molecule has 0 heterocycles. The number of anilines is 2. The van der Waals surface area contributed by atoms with Gasteiger partial charge in [0.2, 0.25) is 10.8 Å². The van der Waals surface area contributed by atoms with Crippen LogP contribution in [0.2, 0.25) is 0 Å². The van der Waals surface area contributed by atoms with Gasteiger partial charge in [-0.25, -0.2) is 9.59 Å². The van der Waals surface area contributed by atoms with Gasteiger partial charge in [0.1, 0.15) is 21.3 Å².